The standard InChI is InChI=1S/C22H19ClN2O3S/c1-27-18-8-3-14(11-19(18)28-2)9-10-25-13-24-21-20(22(25)26)17(12-29-21)15-4-6-16(23)7-5-15/h3-8,11-13H,9-10H2,1-2H3. The van der Waals surface area contributed by atoms with Crippen molar-refractivity contribution in [2.45, 2.75) is 13.0 Å². The molecule has 7 heteroatoms. The third-order valence-corrected chi connectivity index (χ3v) is 5.94. The van der Waals surface area contributed by atoms with E-state index in [0.717, 1.165) is 21.5 Å². The van der Waals surface area contributed by atoms with Crippen LogP contribution in [-0.2, 0) is 13.0 Å². The molecule has 4 rings (SSSR count). The maximum absolute atomic E-state index is 13.2. The van der Waals surface area contributed by atoms with Gasteiger partial charge in [0.2, 0.25) is 0 Å². The van der Waals surface area contributed by atoms with Crippen LogP contribution >= 0.6 is 22.9 Å². The highest BCUT2D eigenvalue weighted by Crippen LogP contribution is 2.31. The SMILES string of the molecule is COc1ccc(CCn2cnc3scc(-c4ccc(Cl)cc4)c3c2=O)cc1OC. The van der Waals surface area contributed by atoms with Crippen molar-refractivity contribution in [3.05, 3.63) is 75.1 Å². The first-order valence-electron chi connectivity index (χ1n) is 9.04. The Morgan fingerprint density at radius 3 is 2.55 bits per heavy atom. The Bertz CT molecular complexity index is 1220. The summed E-state index contributed by atoms with van der Waals surface area (Å²) in [5, 5.41) is 3.28. The van der Waals surface area contributed by atoms with Gasteiger partial charge in [0.25, 0.3) is 5.56 Å². The summed E-state index contributed by atoms with van der Waals surface area (Å²) in [4.78, 5) is 18.4. The Hall–Kier alpha value is -2.83. The van der Waals surface area contributed by atoms with Crippen LogP contribution in [-0.4, -0.2) is 23.8 Å². The van der Waals surface area contributed by atoms with Crippen molar-refractivity contribution in [1.29, 1.82) is 0 Å². The van der Waals surface area contributed by atoms with E-state index in [9.17, 15) is 4.79 Å². The van der Waals surface area contributed by atoms with Gasteiger partial charge in [-0.2, -0.15) is 0 Å². The molecule has 0 radical (unpaired) electrons. The lowest BCUT2D eigenvalue weighted by Crippen LogP contribution is -2.21. The van der Waals surface area contributed by atoms with Crippen molar-refractivity contribution in [3.8, 4) is 22.6 Å². The van der Waals surface area contributed by atoms with E-state index >= 15 is 0 Å². The van der Waals surface area contributed by atoms with Crippen LogP contribution in [0.25, 0.3) is 21.3 Å². The molecule has 2 aromatic heterocycles. The summed E-state index contributed by atoms with van der Waals surface area (Å²) in [5.74, 6) is 1.36. The summed E-state index contributed by atoms with van der Waals surface area (Å²) in [6.45, 7) is 0.521. The van der Waals surface area contributed by atoms with Crippen LogP contribution in [0.5, 0.6) is 11.5 Å². The van der Waals surface area contributed by atoms with Crippen LogP contribution in [0, 0.1) is 0 Å². The molecule has 2 heterocycles. The Morgan fingerprint density at radius 2 is 1.83 bits per heavy atom. The topological polar surface area (TPSA) is 53.4 Å². The van der Waals surface area contributed by atoms with Crippen molar-refractivity contribution in [2.75, 3.05) is 14.2 Å². The van der Waals surface area contributed by atoms with Crippen molar-refractivity contribution < 1.29 is 9.47 Å². The van der Waals surface area contributed by atoms with Gasteiger partial charge >= 0.3 is 0 Å². The zero-order valence-corrected chi connectivity index (χ0v) is 17.6. The molecule has 0 aliphatic carbocycles. The predicted molar refractivity (Wildman–Crippen MR) is 118 cm³/mol. The molecule has 0 fully saturated rings. The van der Waals surface area contributed by atoms with Crippen LogP contribution < -0.4 is 15.0 Å². The fraction of sp³-hybridized carbons (Fsp3) is 0.182. The number of hydrogen-bond acceptors (Lipinski definition) is 5. The normalized spacial score (nSPS) is 11.0. The molecule has 0 bridgehead atoms. The highest BCUT2D eigenvalue weighted by Gasteiger charge is 2.13. The van der Waals surface area contributed by atoms with E-state index in [1.165, 1.54) is 11.3 Å². The van der Waals surface area contributed by atoms with E-state index < -0.39 is 0 Å². The second-order valence-corrected chi connectivity index (χ2v) is 7.81. The van der Waals surface area contributed by atoms with Crippen molar-refractivity contribution >= 4 is 33.2 Å². The van der Waals surface area contributed by atoms with Gasteiger partial charge in [-0.05, 0) is 41.8 Å². The van der Waals surface area contributed by atoms with Gasteiger partial charge in [-0.25, -0.2) is 4.98 Å². The Balaban J connectivity index is 1.65. The summed E-state index contributed by atoms with van der Waals surface area (Å²) in [6, 6.07) is 13.3. The zero-order chi connectivity index (χ0) is 20.4. The van der Waals surface area contributed by atoms with Gasteiger partial charge in [0, 0.05) is 22.5 Å². The highest BCUT2D eigenvalue weighted by molar-refractivity contribution is 7.17. The molecule has 0 N–H and O–H groups in total. The van der Waals surface area contributed by atoms with Gasteiger partial charge in [-0.3, -0.25) is 9.36 Å². The lowest BCUT2D eigenvalue weighted by atomic mass is 10.1. The molecular formula is C22H19ClN2O3S. The maximum Gasteiger partial charge on any atom is 0.262 e. The van der Waals surface area contributed by atoms with E-state index in [-0.39, 0.29) is 5.56 Å². The minimum atomic E-state index is -0.0401. The van der Waals surface area contributed by atoms with E-state index in [0.29, 0.717) is 34.9 Å². The Morgan fingerprint density at radius 1 is 1.07 bits per heavy atom. The summed E-state index contributed by atoms with van der Waals surface area (Å²) >= 11 is 7.47. The molecule has 5 nitrogen and oxygen atoms in total. The molecule has 0 atom stereocenters. The fourth-order valence-electron chi connectivity index (χ4n) is 3.25. The molecule has 29 heavy (non-hydrogen) atoms. The number of ether oxygens (including phenoxy) is 2. The molecule has 0 aliphatic rings. The van der Waals surface area contributed by atoms with Gasteiger partial charge < -0.3 is 9.47 Å². The van der Waals surface area contributed by atoms with Crippen molar-refractivity contribution in [2.24, 2.45) is 0 Å². The smallest absolute Gasteiger partial charge is 0.262 e. The summed E-state index contributed by atoms with van der Waals surface area (Å²) in [6.07, 6.45) is 2.29. The quantitative estimate of drug-likeness (QED) is 0.433. The third-order valence-electron chi connectivity index (χ3n) is 4.81. The van der Waals surface area contributed by atoms with Crippen LogP contribution in [0.1, 0.15) is 5.56 Å². The fourth-order valence-corrected chi connectivity index (χ4v) is 4.29. The summed E-state index contributed by atoms with van der Waals surface area (Å²) < 4.78 is 12.3. The average molecular weight is 427 g/mol. The second-order valence-electron chi connectivity index (χ2n) is 6.52. The molecule has 2 aromatic carbocycles. The van der Waals surface area contributed by atoms with Crippen molar-refractivity contribution in [3.63, 3.8) is 0 Å². The molecule has 0 amide bonds. The monoisotopic (exact) mass is 426 g/mol. The number of hydrogen-bond donors (Lipinski definition) is 0. The number of nitrogens with zero attached hydrogens (tertiary/aromatic N) is 2. The highest BCUT2D eigenvalue weighted by atomic mass is 35.5. The lowest BCUT2D eigenvalue weighted by molar-refractivity contribution is 0.354. The second kappa shape index (κ2) is 8.27. The number of methoxy groups -OCH3 is 2. The zero-order valence-electron chi connectivity index (χ0n) is 16.0. The van der Waals surface area contributed by atoms with E-state index in [4.69, 9.17) is 21.1 Å². The molecule has 0 saturated heterocycles. The molecule has 0 aliphatic heterocycles. The number of thiophene rings is 1. The maximum atomic E-state index is 13.2. The predicted octanol–water partition coefficient (Wildman–Crippen LogP) is 5.04. The molecular weight excluding hydrogens is 408 g/mol. The minimum absolute atomic E-state index is 0.0401. The van der Waals surface area contributed by atoms with Gasteiger partial charge in [0.15, 0.2) is 11.5 Å². The van der Waals surface area contributed by atoms with Gasteiger partial charge in [-0.1, -0.05) is 29.8 Å². The van der Waals surface area contributed by atoms with Crippen LogP contribution in [0.4, 0.5) is 0 Å². The number of rotatable bonds is 6. The first-order chi connectivity index (χ1) is 14.1. The first-order valence-corrected chi connectivity index (χ1v) is 10.3. The van der Waals surface area contributed by atoms with Crippen LogP contribution in [0.3, 0.4) is 0 Å². The summed E-state index contributed by atoms with van der Waals surface area (Å²) in [5.41, 5.74) is 2.86. The minimum Gasteiger partial charge on any atom is -0.493 e. The third kappa shape index (κ3) is 3.86. The molecule has 0 saturated carbocycles. The number of fused-ring (bicyclic) bond motifs is 1. The average Bonchev–Trinajstić information content (AvgIpc) is 3.18. The number of aromatic nitrogens is 2. The lowest BCUT2D eigenvalue weighted by Gasteiger charge is -2.10. The first kappa shape index (κ1) is 19.5. The summed E-state index contributed by atoms with van der Waals surface area (Å²) in [7, 11) is 3.22. The van der Waals surface area contributed by atoms with Crippen LogP contribution in [0.2, 0.25) is 5.02 Å². The van der Waals surface area contributed by atoms with Crippen molar-refractivity contribution in [1.82, 2.24) is 9.55 Å². The number of aryl methyl sites for hydroxylation is 2. The molecule has 0 unspecified atom stereocenters. The Labute approximate surface area is 177 Å². The number of benzene rings is 2. The van der Waals surface area contributed by atoms with Crippen LogP contribution in [0.15, 0.2) is 59.0 Å². The van der Waals surface area contributed by atoms with E-state index in [1.807, 2.05) is 47.8 Å². The molecule has 0 spiro atoms. The Kier molecular flexibility index (Phi) is 5.56. The van der Waals surface area contributed by atoms with Gasteiger partial charge in [0.1, 0.15) is 4.83 Å². The molecule has 4 aromatic rings. The van der Waals surface area contributed by atoms with Gasteiger partial charge in [-0.15, -0.1) is 11.3 Å². The largest absolute Gasteiger partial charge is 0.493 e. The number of halogens is 1. The molecule has 148 valence electrons. The van der Waals surface area contributed by atoms with E-state index in [1.54, 1.807) is 25.1 Å². The van der Waals surface area contributed by atoms with Gasteiger partial charge in [0.05, 0.1) is 25.9 Å². The van der Waals surface area contributed by atoms with E-state index in [2.05, 4.69) is 4.98 Å².